The molecule has 2 rings (SSSR count). The minimum absolute atomic E-state index is 0.780. The first-order valence-electron chi connectivity index (χ1n) is 10.3. The molecule has 3 heteroatoms. The highest BCUT2D eigenvalue weighted by atomic mass is 28.3. The predicted octanol–water partition coefficient (Wildman–Crippen LogP) is 4.41. The van der Waals surface area contributed by atoms with Gasteiger partial charge in [0.2, 0.25) is 0 Å². The van der Waals surface area contributed by atoms with Crippen LogP contribution in [0.3, 0.4) is 0 Å². The third-order valence-corrected chi connectivity index (χ3v) is 10.2. The molecular formula is C24H36O2Si. The van der Waals surface area contributed by atoms with Crippen LogP contribution in [0, 0.1) is 27.7 Å². The van der Waals surface area contributed by atoms with Crippen molar-refractivity contribution in [3.8, 4) is 0 Å². The van der Waals surface area contributed by atoms with Gasteiger partial charge >= 0.3 is 0 Å². The van der Waals surface area contributed by atoms with Crippen LogP contribution in [0.15, 0.2) is 36.4 Å². The van der Waals surface area contributed by atoms with Crippen molar-refractivity contribution in [1.82, 2.24) is 0 Å². The number of ether oxygens (including phenoxy) is 2. The van der Waals surface area contributed by atoms with E-state index in [1.165, 1.54) is 32.6 Å². The lowest BCUT2D eigenvalue weighted by Crippen LogP contribution is -2.68. The second kappa shape index (κ2) is 10.2. The normalized spacial score (nSPS) is 11.8. The van der Waals surface area contributed by atoms with Gasteiger partial charge in [0.05, 0.1) is 12.5 Å². The zero-order chi connectivity index (χ0) is 19.9. The Labute approximate surface area is 166 Å². The van der Waals surface area contributed by atoms with Crippen LogP contribution in [0.5, 0.6) is 0 Å². The van der Waals surface area contributed by atoms with E-state index >= 15 is 0 Å². The van der Waals surface area contributed by atoms with Crippen LogP contribution in [0.1, 0.15) is 48.9 Å². The van der Waals surface area contributed by atoms with E-state index in [4.69, 9.17) is 9.47 Å². The lowest BCUT2D eigenvalue weighted by Gasteiger charge is -2.37. The van der Waals surface area contributed by atoms with Gasteiger partial charge in [-0.05, 0) is 50.9 Å². The van der Waals surface area contributed by atoms with E-state index < -0.39 is 8.07 Å². The summed E-state index contributed by atoms with van der Waals surface area (Å²) < 4.78 is 12.6. The van der Waals surface area contributed by atoms with Crippen LogP contribution in [0.4, 0.5) is 0 Å². The van der Waals surface area contributed by atoms with Gasteiger partial charge in [0.25, 0.3) is 0 Å². The van der Waals surface area contributed by atoms with Crippen LogP contribution in [-0.2, 0) is 9.47 Å². The minimum atomic E-state index is -2.24. The molecule has 0 heterocycles. The molecule has 0 aliphatic carbocycles. The van der Waals surface area contributed by atoms with Gasteiger partial charge in [-0.2, -0.15) is 0 Å². The molecule has 0 fully saturated rings. The average molecular weight is 385 g/mol. The van der Waals surface area contributed by atoms with E-state index in [1.807, 2.05) is 0 Å². The lowest BCUT2D eigenvalue weighted by molar-refractivity contribution is 0.152. The fraction of sp³-hybridized carbons (Fsp3) is 0.500. The second-order valence-corrected chi connectivity index (χ2v) is 11.5. The van der Waals surface area contributed by atoms with Crippen LogP contribution in [0.2, 0.25) is 0 Å². The van der Waals surface area contributed by atoms with Crippen LogP contribution in [-0.4, -0.2) is 33.7 Å². The summed E-state index contributed by atoms with van der Waals surface area (Å²) >= 11 is 0. The summed E-state index contributed by atoms with van der Waals surface area (Å²) in [7, 11) is -2.24. The molecular weight excluding hydrogens is 348 g/mol. The van der Waals surface area contributed by atoms with E-state index in [0.717, 1.165) is 38.5 Å². The molecule has 0 aliphatic rings. The highest BCUT2D eigenvalue weighted by molar-refractivity contribution is 7.03. The van der Waals surface area contributed by atoms with Crippen LogP contribution >= 0.6 is 0 Å². The minimum Gasteiger partial charge on any atom is -0.384 e. The topological polar surface area (TPSA) is 18.5 Å². The number of benzene rings is 2. The van der Waals surface area contributed by atoms with Gasteiger partial charge in [-0.25, -0.2) is 0 Å². The van der Waals surface area contributed by atoms with Crippen LogP contribution in [0.25, 0.3) is 0 Å². The quantitative estimate of drug-likeness (QED) is 0.446. The van der Waals surface area contributed by atoms with Gasteiger partial charge in [0.1, 0.15) is 0 Å². The smallest absolute Gasteiger partial charge is 0.172 e. The zero-order valence-electron chi connectivity index (χ0n) is 18.0. The van der Waals surface area contributed by atoms with Gasteiger partial charge in [0, 0.05) is 13.2 Å². The molecule has 0 saturated heterocycles. The Morgan fingerprint density at radius 1 is 0.630 bits per heavy atom. The first-order chi connectivity index (χ1) is 13.0. The molecule has 2 aromatic rings. The van der Waals surface area contributed by atoms with Crippen molar-refractivity contribution in [2.75, 3.05) is 25.7 Å². The molecule has 0 radical (unpaired) electrons. The van der Waals surface area contributed by atoms with Gasteiger partial charge < -0.3 is 9.47 Å². The van der Waals surface area contributed by atoms with Crippen molar-refractivity contribution < 1.29 is 9.47 Å². The fourth-order valence-corrected chi connectivity index (χ4v) is 9.62. The van der Waals surface area contributed by atoms with Gasteiger partial charge in [-0.1, -0.05) is 72.5 Å². The maximum atomic E-state index is 6.29. The van der Waals surface area contributed by atoms with Gasteiger partial charge in [-0.15, -0.1) is 0 Å². The summed E-state index contributed by atoms with van der Waals surface area (Å²) in [5.41, 5.74) is 5.46. The average Bonchev–Trinajstić information content (AvgIpc) is 2.61. The standard InChI is InChI=1S/C24H36O2Si/c1-7-15-25-17-27(18-26-16-8-2,23-19(3)11-9-12-20(23)4)24-21(5)13-10-14-22(24)6/h9-14H,7-8,15-18H2,1-6H3. The van der Waals surface area contributed by atoms with Crippen molar-refractivity contribution >= 4 is 18.4 Å². The van der Waals surface area contributed by atoms with E-state index in [0.29, 0.717) is 0 Å². The van der Waals surface area contributed by atoms with Crippen molar-refractivity contribution in [2.45, 2.75) is 54.4 Å². The SMILES string of the molecule is CCCOC[Si](COCCC)(c1c(C)cccc1C)c1c(C)cccc1C. The summed E-state index contributed by atoms with van der Waals surface area (Å²) in [5.74, 6) is 0. The van der Waals surface area contributed by atoms with E-state index in [2.05, 4.69) is 77.9 Å². The molecule has 27 heavy (non-hydrogen) atoms. The predicted molar refractivity (Wildman–Crippen MR) is 119 cm³/mol. The fourth-order valence-electron chi connectivity index (χ4n) is 4.38. The Hall–Kier alpha value is -1.42. The molecule has 148 valence electrons. The first kappa shape index (κ1) is 21.9. The van der Waals surface area contributed by atoms with E-state index in [-0.39, 0.29) is 0 Å². The number of aryl methyl sites for hydroxylation is 4. The Morgan fingerprint density at radius 3 is 1.26 bits per heavy atom. The van der Waals surface area contributed by atoms with Gasteiger partial charge in [-0.3, -0.25) is 0 Å². The maximum absolute atomic E-state index is 6.29. The zero-order valence-corrected chi connectivity index (χ0v) is 19.0. The molecule has 0 unspecified atom stereocenters. The van der Waals surface area contributed by atoms with E-state index in [1.54, 1.807) is 0 Å². The third kappa shape index (κ3) is 4.90. The molecule has 0 amide bonds. The highest BCUT2D eigenvalue weighted by Gasteiger charge is 2.42. The van der Waals surface area contributed by atoms with Gasteiger partial charge in [0.15, 0.2) is 8.07 Å². The third-order valence-electron chi connectivity index (χ3n) is 5.31. The summed E-state index contributed by atoms with van der Waals surface area (Å²) in [5, 5.41) is 2.99. The summed E-state index contributed by atoms with van der Waals surface area (Å²) in [6.45, 7) is 14.9. The van der Waals surface area contributed by atoms with Crippen molar-refractivity contribution in [3.05, 3.63) is 58.7 Å². The molecule has 0 bridgehead atoms. The second-order valence-electron chi connectivity index (χ2n) is 7.72. The molecule has 0 N–H and O–H groups in total. The molecule has 0 saturated carbocycles. The largest absolute Gasteiger partial charge is 0.384 e. The summed E-state index contributed by atoms with van der Waals surface area (Å²) in [6.07, 6.45) is 3.64. The Bertz CT molecular complexity index is 635. The Balaban J connectivity index is 2.72. The molecule has 2 aromatic carbocycles. The molecule has 0 aromatic heterocycles. The van der Waals surface area contributed by atoms with Crippen molar-refractivity contribution in [1.29, 1.82) is 0 Å². The lowest BCUT2D eigenvalue weighted by atomic mass is 10.1. The van der Waals surface area contributed by atoms with Crippen molar-refractivity contribution in [3.63, 3.8) is 0 Å². The maximum Gasteiger partial charge on any atom is 0.172 e. The Morgan fingerprint density at radius 2 is 0.963 bits per heavy atom. The molecule has 2 nitrogen and oxygen atoms in total. The highest BCUT2D eigenvalue weighted by Crippen LogP contribution is 2.18. The monoisotopic (exact) mass is 384 g/mol. The summed E-state index contributed by atoms with van der Waals surface area (Å²) in [6, 6.07) is 13.3. The van der Waals surface area contributed by atoms with E-state index in [9.17, 15) is 0 Å². The molecule has 0 spiro atoms. The molecule has 0 atom stereocenters. The summed E-state index contributed by atoms with van der Waals surface area (Å²) in [4.78, 5) is 0. The van der Waals surface area contributed by atoms with Crippen LogP contribution < -0.4 is 10.4 Å². The number of rotatable bonds is 10. The van der Waals surface area contributed by atoms with Crippen molar-refractivity contribution in [2.24, 2.45) is 0 Å². The molecule has 0 aliphatic heterocycles. The Kier molecular flexibility index (Phi) is 8.27. The number of hydrogen-bond donors (Lipinski definition) is 0. The number of hydrogen-bond acceptors (Lipinski definition) is 2. The first-order valence-corrected chi connectivity index (χ1v) is 12.7.